The smallest absolute Gasteiger partial charge is 0.318 e. The largest absolute Gasteiger partial charge is 0.468 e. The van der Waals surface area contributed by atoms with Gasteiger partial charge in [-0.1, -0.05) is 12.2 Å². The summed E-state index contributed by atoms with van der Waals surface area (Å²) >= 11 is 3.11. The van der Waals surface area contributed by atoms with Gasteiger partial charge in [-0.3, -0.25) is 14.6 Å². The number of hydrogen-bond donors (Lipinski definition) is 0. The molecule has 0 aromatic rings. The number of methoxy groups -OCH3 is 1. The van der Waals surface area contributed by atoms with Crippen LogP contribution in [0, 0.1) is 5.92 Å². The molecular weight excluding hydrogens is 274 g/mol. The molecule has 0 fully saturated rings. The van der Waals surface area contributed by atoms with E-state index in [-0.39, 0.29) is 5.78 Å². The SMILES string of the molecule is COC(=O)C1C=CC=C2C(=O)C(Br)=CN=C21. The summed E-state index contributed by atoms with van der Waals surface area (Å²) in [6.45, 7) is 0. The molecule has 0 spiro atoms. The predicted molar refractivity (Wildman–Crippen MR) is 62.2 cm³/mol. The maximum Gasteiger partial charge on any atom is 0.318 e. The number of aliphatic imine (C=N–C) groups is 1. The van der Waals surface area contributed by atoms with Gasteiger partial charge in [0.05, 0.1) is 17.3 Å². The minimum atomic E-state index is -0.592. The van der Waals surface area contributed by atoms with E-state index in [1.54, 1.807) is 18.2 Å². The highest BCUT2D eigenvalue weighted by molar-refractivity contribution is 9.12. The van der Waals surface area contributed by atoms with Crippen molar-refractivity contribution in [2.45, 2.75) is 0 Å². The fourth-order valence-electron chi connectivity index (χ4n) is 1.58. The van der Waals surface area contributed by atoms with E-state index in [4.69, 9.17) is 0 Å². The van der Waals surface area contributed by atoms with E-state index < -0.39 is 11.9 Å². The third-order valence-electron chi connectivity index (χ3n) is 2.37. The summed E-state index contributed by atoms with van der Waals surface area (Å²) in [4.78, 5) is 27.4. The molecule has 0 aromatic carbocycles. The number of hydrogen-bond acceptors (Lipinski definition) is 4. The Morgan fingerprint density at radius 2 is 2.31 bits per heavy atom. The van der Waals surface area contributed by atoms with Crippen LogP contribution >= 0.6 is 15.9 Å². The number of ketones is 1. The second-order valence-corrected chi connectivity index (χ2v) is 4.14. The lowest BCUT2D eigenvalue weighted by atomic mass is 9.88. The lowest BCUT2D eigenvalue weighted by Gasteiger charge is -2.20. The van der Waals surface area contributed by atoms with Gasteiger partial charge in [0.2, 0.25) is 5.78 Å². The Morgan fingerprint density at radius 1 is 1.56 bits per heavy atom. The number of ether oxygens (including phenoxy) is 1. The Balaban J connectivity index is 2.44. The number of allylic oxidation sites excluding steroid dienone is 4. The molecule has 2 aliphatic rings. The number of esters is 1. The fraction of sp³-hybridized carbons (Fsp3) is 0.182. The van der Waals surface area contributed by atoms with Crippen LogP contribution in [0.3, 0.4) is 0 Å². The summed E-state index contributed by atoms with van der Waals surface area (Å²) in [6.07, 6.45) is 6.38. The molecule has 5 heteroatoms. The molecule has 1 aliphatic heterocycles. The Kier molecular flexibility index (Phi) is 2.87. The first-order valence-electron chi connectivity index (χ1n) is 4.60. The molecule has 2 rings (SSSR count). The van der Waals surface area contributed by atoms with E-state index >= 15 is 0 Å². The highest BCUT2D eigenvalue weighted by Gasteiger charge is 2.32. The molecular formula is C11H8BrNO3. The minimum absolute atomic E-state index is 0.164. The van der Waals surface area contributed by atoms with Crippen molar-refractivity contribution in [3.8, 4) is 0 Å². The van der Waals surface area contributed by atoms with Gasteiger partial charge < -0.3 is 4.74 Å². The molecule has 82 valence electrons. The van der Waals surface area contributed by atoms with Crippen molar-refractivity contribution >= 4 is 33.4 Å². The van der Waals surface area contributed by atoms with Gasteiger partial charge in [-0.05, 0) is 22.0 Å². The number of carbonyl (C=O) groups is 2. The Bertz CT molecular complexity index is 485. The predicted octanol–water partition coefficient (Wildman–Crippen LogP) is 1.53. The lowest BCUT2D eigenvalue weighted by Crippen LogP contribution is -2.31. The number of carbonyl (C=O) groups excluding carboxylic acids is 2. The molecule has 4 nitrogen and oxygen atoms in total. The van der Waals surface area contributed by atoms with Gasteiger partial charge in [0.1, 0.15) is 5.92 Å². The lowest BCUT2D eigenvalue weighted by molar-refractivity contribution is -0.141. The minimum Gasteiger partial charge on any atom is -0.468 e. The monoisotopic (exact) mass is 281 g/mol. The molecule has 16 heavy (non-hydrogen) atoms. The Morgan fingerprint density at radius 3 is 3.00 bits per heavy atom. The van der Waals surface area contributed by atoms with Crippen molar-refractivity contribution in [2.75, 3.05) is 7.11 Å². The van der Waals surface area contributed by atoms with Crippen LogP contribution in [-0.2, 0) is 14.3 Å². The van der Waals surface area contributed by atoms with Crippen molar-refractivity contribution in [2.24, 2.45) is 10.9 Å². The van der Waals surface area contributed by atoms with Crippen LogP contribution in [0.15, 0.2) is 39.5 Å². The van der Waals surface area contributed by atoms with E-state index in [1.807, 2.05) is 0 Å². The average molecular weight is 282 g/mol. The summed E-state index contributed by atoms with van der Waals surface area (Å²) in [6, 6.07) is 0. The van der Waals surface area contributed by atoms with Crippen LogP contribution in [0.1, 0.15) is 0 Å². The standard InChI is InChI=1S/C11H8BrNO3/c1-16-11(15)7-4-2-3-6-9(7)13-5-8(12)10(6)14/h2-5,7H,1H3. The third kappa shape index (κ3) is 1.67. The van der Waals surface area contributed by atoms with Crippen LogP contribution in [0.4, 0.5) is 0 Å². The topological polar surface area (TPSA) is 55.7 Å². The van der Waals surface area contributed by atoms with Gasteiger partial charge in [-0.2, -0.15) is 0 Å². The zero-order valence-electron chi connectivity index (χ0n) is 8.44. The molecule has 0 N–H and O–H groups in total. The van der Waals surface area contributed by atoms with Gasteiger partial charge in [0, 0.05) is 11.8 Å². The summed E-state index contributed by atoms with van der Waals surface area (Å²) < 4.78 is 5.05. The molecule has 1 unspecified atom stereocenters. The second-order valence-electron chi connectivity index (χ2n) is 3.29. The van der Waals surface area contributed by atoms with Gasteiger partial charge >= 0.3 is 5.97 Å². The van der Waals surface area contributed by atoms with E-state index in [0.29, 0.717) is 15.8 Å². The summed E-state index contributed by atoms with van der Waals surface area (Å²) in [7, 11) is 1.31. The van der Waals surface area contributed by atoms with Crippen LogP contribution in [-0.4, -0.2) is 24.6 Å². The van der Waals surface area contributed by atoms with Crippen LogP contribution in [0.2, 0.25) is 0 Å². The molecule has 1 atom stereocenters. The van der Waals surface area contributed by atoms with Crippen molar-refractivity contribution in [3.05, 3.63) is 34.5 Å². The maximum absolute atomic E-state index is 11.8. The Hall–Kier alpha value is -1.49. The molecule has 1 aliphatic carbocycles. The third-order valence-corrected chi connectivity index (χ3v) is 2.94. The van der Waals surface area contributed by atoms with Crippen LogP contribution in [0.5, 0.6) is 0 Å². The second kappa shape index (κ2) is 4.17. The quantitative estimate of drug-likeness (QED) is 0.685. The molecule has 1 heterocycles. The zero-order chi connectivity index (χ0) is 11.7. The van der Waals surface area contributed by atoms with Crippen molar-refractivity contribution in [1.29, 1.82) is 0 Å². The Labute approximate surface area is 101 Å². The van der Waals surface area contributed by atoms with E-state index in [1.165, 1.54) is 13.3 Å². The van der Waals surface area contributed by atoms with Crippen LogP contribution < -0.4 is 0 Å². The molecule has 0 saturated heterocycles. The first-order chi connectivity index (χ1) is 7.65. The molecule has 0 aromatic heterocycles. The zero-order valence-corrected chi connectivity index (χ0v) is 10.0. The number of nitrogens with zero attached hydrogens (tertiary/aromatic N) is 1. The first kappa shape index (κ1) is 11.0. The molecule has 0 amide bonds. The fourth-order valence-corrected chi connectivity index (χ4v) is 1.90. The van der Waals surface area contributed by atoms with E-state index in [0.717, 1.165) is 0 Å². The number of rotatable bonds is 1. The molecule has 0 saturated carbocycles. The summed E-state index contributed by atoms with van der Waals surface area (Å²) in [5.74, 6) is -1.17. The van der Waals surface area contributed by atoms with Crippen molar-refractivity contribution in [1.82, 2.24) is 0 Å². The normalized spacial score (nSPS) is 23.0. The number of fused-ring (bicyclic) bond motifs is 1. The first-order valence-corrected chi connectivity index (χ1v) is 5.39. The highest BCUT2D eigenvalue weighted by atomic mass is 79.9. The number of Topliss-reactive ketones (excluding diaryl/α,β-unsaturated/α-hetero) is 1. The van der Waals surface area contributed by atoms with Crippen molar-refractivity contribution < 1.29 is 14.3 Å². The van der Waals surface area contributed by atoms with Gasteiger partial charge in [0.25, 0.3) is 0 Å². The molecule has 0 bridgehead atoms. The summed E-state index contributed by atoms with van der Waals surface area (Å²) in [5.41, 5.74) is 0.884. The molecule has 0 radical (unpaired) electrons. The van der Waals surface area contributed by atoms with Gasteiger partial charge in [0.15, 0.2) is 0 Å². The van der Waals surface area contributed by atoms with Gasteiger partial charge in [-0.15, -0.1) is 0 Å². The highest BCUT2D eigenvalue weighted by Crippen LogP contribution is 2.26. The van der Waals surface area contributed by atoms with Crippen LogP contribution in [0.25, 0.3) is 0 Å². The maximum atomic E-state index is 11.8. The number of halogens is 1. The van der Waals surface area contributed by atoms with Crippen molar-refractivity contribution in [3.63, 3.8) is 0 Å². The van der Waals surface area contributed by atoms with Gasteiger partial charge in [-0.25, -0.2) is 0 Å². The summed E-state index contributed by atoms with van der Waals surface area (Å²) in [5, 5.41) is 0. The average Bonchev–Trinajstić information content (AvgIpc) is 2.32. The van der Waals surface area contributed by atoms with E-state index in [2.05, 4.69) is 25.7 Å². The van der Waals surface area contributed by atoms with E-state index in [9.17, 15) is 9.59 Å².